The summed E-state index contributed by atoms with van der Waals surface area (Å²) in [5, 5.41) is 0. The Balaban J connectivity index is 2.64. The molecule has 0 fully saturated rings. The van der Waals surface area contributed by atoms with Gasteiger partial charge in [0.15, 0.2) is 0 Å². The number of hydrogen-bond acceptors (Lipinski definition) is 3. The van der Waals surface area contributed by atoms with E-state index in [1.165, 1.54) is 6.92 Å². The highest BCUT2D eigenvalue weighted by Crippen LogP contribution is 2.07. The summed E-state index contributed by atoms with van der Waals surface area (Å²) in [7, 11) is 0. The highest BCUT2D eigenvalue weighted by atomic mass is 16.1. The SMILES string of the molecule is CC(=O)C(N)Cc1ccc(N)cc1. The van der Waals surface area contributed by atoms with Crippen LogP contribution in [0.5, 0.6) is 0 Å². The van der Waals surface area contributed by atoms with Crippen LogP contribution in [0.2, 0.25) is 0 Å². The Bertz CT molecular complexity index is 292. The van der Waals surface area contributed by atoms with Crippen molar-refractivity contribution >= 4 is 11.5 Å². The average molecular weight is 178 g/mol. The van der Waals surface area contributed by atoms with E-state index in [0.717, 1.165) is 11.3 Å². The van der Waals surface area contributed by atoms with Gasteiger partial charge in [-0.2, -0.15) is 0 Å². The van der Waals surface area contributed by atoms with Gasteiger partial charge in [-0.1, -0.05) is 12.1 Å². The van der Waals surface area contributed by atoms with Gasteiger partial charge in [0, 0.05) is 5.69 Å². The molecule has 0 heterocycles. The van der Waals surface area contributed by atoms with Crippen LogP contribution < -0.4 is 11.5 Å². The van der Waals surface area contributed by atoms with E-state index in [-0.39, 0.29) is 5.78 Å². The van der Waals surface area contributed by atoms with Crippen LogP contribution in [-0.2, 0) is 11.2 Å². The zero-order chi connectivity index (χ0) is 9.84. The van der Waals surface area contributed by atoms with Crippen LogP contribution in [0.15, 0.2) is 24.3 Å². The molecular weight excluding hydrogens is 164 g/mol. The van der Waals surface area contributed by atoms with E-state index in [4.69, 9.17) is 11.5 Å². The molecule has 0 aromatic heterocycles. The number of hydrogen-bond donors (Lipinski definition) is 2. The summed E-state index contributed by atoms with van der Waals surface area (Å²) < 4.78 is 0. The van der Waals surface area contributed by atoms with Crippen LogP contribution in [0.25, 0.3) is 0 Å². The van der Waals surface area contributed by atoms with E-state index in [1.807, 2.05) is 24.3 Å². The summed E-state index contributed by atoms with van der Waals surface area (Å²) in [4.78, 5) is 10.9. The maximum absolute atomic E-state index is 10.9. The van der Waals surface area contributed by atoms with Crippen LogP contribution in [0.4, 0.5) is 5.69 Å². The normalized spacial score (nSPS) is 12.5. The Labute approximate surface area is 77.7 Å². The lowest BCUT2D eigenvalue weighted by Gasteiger charge is -2.07. The van der Waals surface area contributed by atoms with E-state index in [1.54, 1.807) is 0 Å². The summed E-state index contributed by atoms with van der Waals surface area (Å²) in [5.74, 6) is 0.0109. The third-order valence-electron chi connectivity index (χ3n) is 1.96. The summed E-state index contributed by atoms with van der Waals surface area (Å²) in [6.07, 6.45) is 0.579. The molecule has 1 unspecified atom stereocenters. The third kappa shape index (κ3) is 2.87. The molecule has 1 atom stereocenters. The molecule has 70 valence electrons. The molecule has 3 heteroatoms. The molecule has 1 aromatic rings. The molecule has 0 saturated carbocycles. The molecule has 0 radical (unpaired) electrons. The van der Waals surface area contributed by atoms with Gasteiger partial charge in [0.2, 0.25) is 0 Å². The van der Waals surface area contributed by atoms with E-state index in [0.29, 0.717) is 6.42 Å². The third-order valence-corrected chi connectivity index (χ3v) is 1.96. The molecule has 0 saturated heterocycles. The number of Topliss-reactive ketones (excluding diaryl/α,β-unsaturated/α-hetero) is 1. The van der Waals surface area contributed by atoms with Gasteiger partial charge in [0.05, 0.1) is 6.04 Å². The number of carbonyl (C=O) groups is 1. The van der Waals surface area contributed by atoms with Crippen molar-refractivity contribution < 1.29 is 4.79 Å². The van der Waals surface area contributed by atoms with Crippen molar-refractivity contribution in [2.75, 3.05) is 5.73 Å². The molecule has 0 aliphatic heterocycles. The first-order valence-corrected chi connectivity index (χ1v) is 4.20. The first-order chi connectivity index (χ1) is 6.09. The van der Waals surface area contributed by atoms with Crippen molar-refractivity contribution in [3.8, 4) is 0 Å². The number of nitrogens with two attached hydrogens (primary N) is 2. The number of anilines is 1. The Morgan fingerprint density at radius 1 is 1.38 bits per heavy atom. The number of rotatable bonds is 3. The van der Waals surface area contributed by atoms with Crippen molar-refractivity contribution in [1.29, 1.82) is 0 Å². The molecule has 3 nitrogen and oxygen atoms in total. The molecule has 0 spiro atoms. The van der Waals surface area contributed by atoms with E-state index in [2.05, 4.69) is 0 Å². The first-order valence-electron chi connectivity index (χ1n) is 4.20. The molecule has 0 bridgehead atoms. The summed E-state index contributed by atoms with van der Waals surface area (Å²) in [6, 6.07) is 6.99. The average Bonchev–Trinajstić information content (AvgIpc) is 2.08. The maximum Gasteiger partial charge on any atom is 0.146 e. The van der Waals surface area contributed by atoms with Gasteiger partial charge in [0.25, 0.3) is 0 Å². The highest BCUT2D eigenvalue weighted by molar-refractivity contribution is 5.81. The monoisotopic (exact) mass is 178 g/mol. The van der Waals surface area contributed by atoms with Gasteiger partial charge in [-0.25, -0.2) is 0 Å². The van der Waals surface area contributed by atoms with Gasteiger partial charge < -0.3 is 11.5 Å². The smallest absolute Gasteiger partial charge is 0.146 e. The Kier molecular flexibility index (Phi) is 3.03. The fraction of sp³-hybridized carbons (Fsp3) is 0.300. The standard InChI is InChI=1S/C10H14N2O/c1-7(13)10(12)6-8-2-4-9(11)5-3-8/h2-5,10H,6,11-12H2,1H3. The molecule has 13 heavy (non-hydrogen) atoms. The fourth-order valence-electron chi connectivity index (χ4n) is 1.05. The zero-order valence-electron chi connectivity index (χ0n) is 7.66. The minimum absolute atomic E-state index is 0.0109. The number of nitrogen functional groups attached to an aromatic ring is 1. The number of carbonyl (C=O) groups excluding carboxylic acids is 1. The number of ketones is 1. The predicted octanol–water partition coefficient (Wildman–Crippen LogP) is 0.728. The van der Waals surface area contributed by atoms with Crippen molar-refractivity contribution in [3.63, 3.8) is 0 Å². The second-order valence-corrected chi connectivity index (χ2v) is 3.16. The van der Waals surface area contributed by atoms with Gasteiger partial charge in [-0.3, -0.25) is 4.79 Å². The Hall–Kier alpha value is -1.35. The van der Waals surface area contributed by atoms with E-state index < -0.39 is 6.04 Å². The minimum Gasteiger partial charge on any atom is -0.399 e. The number of benzene rings is 1. The van der Waals surface area contributed by atoms with Crippen LogP contribution in [0.1, 0.15) is 12.5 Å². The van der Waals surface area contributed by atoms with E-state index in [9.17, 15) is 4.79 Å². The fourth-order valence-corrected chi connectivity index (χ4v) is 1.05. The lowest BCUT2D eigenvalue weighted by Crippen LogP contribution is -2.30. The molecule has 0 aliphatic carbocycles. The summed E-state index contributed by atoms with van der Waals surface area (Å²) in [5.41, 5.74) is 12.9. The van der Waals surface area contributed by atoms with Gasteiger partial charge in [0.1, 0.15) is 5.78 Å². The Morgan fingerprint density at radius 2 is 1.92 bits per heavy atom. The maximum atomic E-state index is 10.9. The first kappa shape index (κ1) is 9.74. The van der Waals surface area contributed by atoms with E-state index >= 15 is 0 Å². The zero-order valence-corrected chi connectivity index (χ0v) is 7.66. The molecule has 0 aliphatic rings. The van der Waals surface area contributed by atoms with Gasteiger partial charge in [-0.05, 0) is 31.0 Å². The van der Waals surface area contributed by atoms with Crippen molar-refractivity contribution in [3.05, 3.63) is 29.8 Å². The molecule has 1 aromatic carbocycles. The van der Waals surface area contributed by atoms with Crippen molar-refractivity contribution in [1.82, 2.24) is 0 Å². The highest BCUT2D eigenvalue weighted by Gasteiger charge is 2.08. The second-order valence-electron chi connectivity index (χ2n) is 3.16. The van der Waals surface area contributed by atoms with Gasteiger partial charge in [-0.15, -0.1) is 0 Å². The van der Waals surface area contributed by atoms with Crippen LogP contribution >= 0.6 is 0 Å². The quantitative estimate of drug-likeness (QED) is 0.670. The molecule has 4 N–H and O–H groups in total. The minimum atomic E-state index is -0.399. The predicted molar refractivity (Wildman–Crippen MR) is 53.2 cm³/mol. The largest absolute Gasteiger partial charge is 0.399 e. The van der Waals surface area contributed by atoms with Crippen LogP contribution in [0.3, 0.4) is 0 Å². The lowest BCUT2D eigenvalue weighted by atomic mass is 10.0. The molecule has 0 amide bonds. The topological polar surface area (TPSA) is 69.1 Å². The van der Waals surface area contributed by atoms with Crippen molar-refractivity contribution in [2.24, 2.45) is 5.73 Å². The summed E-state index contributed by atoms with van der Waals surface area (Å²) >= 11 is 0. The lowest BCUT2D eigenvalue weighted by molar-refractivity contribution is -0.118. The van der Waals surface area contributed by atoms with Gasteiger partial charge >= 0.3 is 0 Å². The van der Waals surface area contributed by atoms with Crippen molar-refractivity contribution in [2.45, 2.75) is 19.4 Å². The molecular formula is C10H14N2O. The molecule has 1 rings (SSSR count). The van der Waals surface area contributed by atoms with Crippen LogP contribution in [-0.4, -0.2) is 11.8 Å². The second kappa shape index (κ2) is 4.05. The van der Waals surface area contributed by atoms with Crippen LogP contribution in [0, 0.1) is 0 Å². The summed E-state index contributed by atoms with van der Waals surface area (Å²) in [6.45, 7) is 1.50. The Morgan fingerprint density at radius 3 is 2.38 bits per heavy atom.